The molecule has 0 fully saturated rings. The minimum absolute atomic E-state index is 0.131. The van der Waals surface area contributed by atoms with Gasteiger partial charge in [-0.1, -0.05) is 42.0 Å². The van der Waals surface area contributed by atoms with Crippen LogP contribution in [0.1, 0.15) is 40.0 Å². The van der Waals surface area contributed by atoms with Crippen LogP contribution in [0.25, 0.3) is 0 Å². The maximum atomic E-state index is 12.7. The van der Waals surface area contributed by atoms with Crippen LogP contribution >= 0.6 is 0 Å². The van der Waals surface area contributed by atoms with E-state index >= 15 is 0 Å². The standard InChI is InChI=1S/C18H19NO/c1-13-7-9-16(10-8-13)18(20)19-12-11-15-5-3-4-6-17(15)14(19)2/h3-10,14H,11-12H2,1-2H3/t14-/m1/s1. The van der Waals surface area contributed by atoms with E-state index in [0.717, 1.165) is 18.5 Å². The summed E-state index contributed by atoms with van der Waals surface area (Å²) in [5.74, 6) is 0.131. The summed E-state index contributed by atoms with van der Waals surface area (Å²) in [6, 6.07) is 16.4. The Balaban J connectivity index is 1.89. The number of fused-ring (bicyclic) bond motifs is 1. The fourth-order valence-corrected chi connectivity index (χ4v) is 2.91. The quantitative estimate of drug-likeness (QED) is 0.769. The minimum Gasteiger partial charge on any atom is -0.332 e. The Labute approximate surface area is 120 Å². The summed E-state index contributed by atoms with van der Waals surface area (Å²) in [5, 5.41) is 0. The van der Waals surface area contributed by atoms with E-state index in [0.29, 0.717) is 0 Å². The lowest BCUT2D eigenvalue weighted by Gasteiger charge is -2.35. The zero-order chi connectivity index (χ0) is 14.1. The van der Waals surface area contributed by atoms with E-state index < -0.39 is 0 Å². The highest BCUT2D eigenvalue weighted by atomic mass is 16.2. The SMILES string of the molecule is Cc1ccc(C(=O)N2CCc3ccccc3[C@H]2C)cc1. The third-order valence-corrected chi connectivity index (χ3v) is 4.15. The van der Waals surface area contributed by atoms with Gasteiger partial charge in [-0.15, -0.1) is 0 Å². The van der Waals surface area contributed by atoms with Gasteiger partial charge in [-0.2, -0.15) is 0 Å². The van der Waals surface area contributed by atoms with Crippen molar-refractivity contribution in [2.45, 2.75) is 26.3 Å². The second-order valence-corrected chi connectivity index (χ2v) is 5.49. The van der Waals surface area contributed by atoms with Gasteiger partial charge >= 0.3 is 0 Å². The molecule has 0 bridgehead atoms. The zero-order valence-corrected chi connectivity index (χ0v) is 12.0. The van der Waals surface area contributed by atoms with Crippen molar-refractivity contribution in [3.63, 3.8) is 0 Å². The lowest BCUT2D eigenvalue weighted by atomic mass is 9.93. The van der Waals surface area contributed by atoms with Crippen LogP contribution < -0.4 is 0 Å². The maximum absolute atomic E-state index is 12.7. The Morgan fingerprint density at radius 2 is 1.80 bits per heavy atom. The summed E-state index contributed by atoms with van der Waals surface area (Å²) >= 11 is 0. The van der Waals surface area contributed by atoms with Gasteiger partial charge in [-0.05, 0) is 43.5 Å². The van der Waals surface area contributed by atoms with Gasteiger partial charge in [0.15, 0.2) is 0 Å². The highest BCUT2D eigenvalue weighted by molar-refractivity contribution is 5.94. The van der Waals surface area contributed by atoms with E-state index in [-0.39, 0.29) is 11.9 Å². The fourth-order valence-electron chi connectivity index (χ4n) is 2.91. The first kappa shape index (κ1) is 12.9. The predicted molar refractivity (Wildman–Crippen MR) is 80.8 cm³/mol. The van der Waals surface area contributed by atoms with Gasteiger partial charge in [0.25, 0.3) is 5.91 Å². The van der Waals surface area contributed by atoms with Crippen molar-refractivity contribution >= 4 is 5.91 Å². The highest BCUT2D eigenvalue weighted by Crippen LogP contribution is 2.30. The second kappa shape index (κ2) is 5.12. The number of nitrogens with zero attached hydrogens (tertiary/aromatic N) is 1. The number of amides is 1. The number of hydrogen-bond donors (Lipinski definition) is 0. The molecule has 1 aliphatic heterocycles. The van der Waals surface area contributed by atoms with E-state index in [2.05, 4.69) is 31.2 Å². The Morgan fingerprint density at radius 3 is 2.55 bits per heavy atom. The molecule has 0 aliphatic carbocycles. The van der Waals surface area contributed by atoms with Gasteiger partial charge in [0.2, 0.25) is 0 Å². The van der Waals surface area contributed by atoms with Gasteiger partial charge in [-0.25, -0.2) is 0 Å². The molecule has 102 valence electrons. The van der Waals surface area contributed by atoms with E-state index in [1.165, 1.54) is 16.7 Å². The van der Waals surface area contributed by atoms with E-state index in [9.17, 15) is 4.79 Å². The molecule has 0 unspecified atom stereocenters. The molecule has 1 heterocycles. The van der Waals surface area contributed by atoms with Crippen LogP contribution in [0.5, 0.6) is 0 Å². The van der Waals surface area contributed by atoms with Crippen molar-refractivity contribution < 1.29 is 4.79 Å². The molecule has 2 aromatic carbocycles. The van der Waals surface area contributed by atoms with Crippen LogP contribution in [-0.2, 0) is 6.42 Å². The molecule has 2 heteroatoms. The molecule has 0 N–H and O–H groups in total. The lowest BCUT2D eigenvalue weighted by Crippen LogP contribution is -2.38. The lowest BCUT2D eigenvalue weighted by molar-refractivity contribution is 0.0677. The number of rotatable bonds is 1. The molecule has 0 aromatic heterocycles. The molecule has 0 spiro atoms. The molecule has 0 saturated carbocycles. The van der Waals surface area contributed by atoms with Crippen LogP contribution in [0.2, 0.25) is 0 Å². The van der Waals surface area contributed by atoms with Crippen LogP contribution in [-0.4, -0.2) is 17.4 Å². The van der Waals surface area contributed by atoms with Crippen molar-refractivity contribution in [3.8, 4) is 0 Å². The normalized spacial score (nSPS) is 17.7. The summed E-state index contributed by atoms with van der Waals surface area (Å²) in [6.45, 7) is 4.95. The van der Waals surface area contributed by atoms with E-state index in [4.69, 9.17) is 0 Å². The third kappa shape index (κ3) is 2.22. The average molecular weight is 265 g/mol. The molecule has 0 radical (unpaired) electrons. The molecular weight excluding hydrogens is 246 g/mol. The Morgan fingerprint density at radius 1 is 1.10 bits per heavy atom. The van der Waals surface area contributed by atoms with Crippen molar-refractivity contribution in [3.05, 3.63) is 70.8 Å². The number of aryl methyl sites for hydroxylation is 1. The molecule has 1 aliphatic rings. The van der Waals surface area contributed by atoms with Gasteiger partial charge < -0.3 is 4.90 Å². The minimum atomic E-state index is 0.131. The number of benzene rings is 2. The van der Waals surface area contributed by atoms with Crippen molar-refractivity contribution in [2.24, 2.45) is 0 Å². The molecule has 2 nitrogen and oxygen atoms in total. The smallest absolute Gasteiger partial charge is 0.254 e. The zero-order valence-electron chi connectivity index (χ0n) is 12.0. The molecule has 1 atom stereocenters. The van der Waals surface area contributed by atoms with Gasteiger partial charge in [-0.3, -0.25) is 4.79 Å². The Kier molecular flexibility index (Phi) is 3.31. The summed E-state index contributed by atoms with van der Waals surface area (Å²) in [4.78, 5) is 14.6. The topological polar surface area (TPSA) is 20.3 Å². The van der Waals surface area contributed by atoms with Crippen molar-refractivity contribution in [2.75, 3.05) is 6.54 Å². The molecule has 20 heavy (non-hydrogen) atoms. The molecule has 3 rings (SSSR count). The maximum Gasteiger partial charge on any atom is 0.254 e. The van der Waals surface area contributed by atoms with Gasteiger partial charge in [0.05, 0.1) is 6.04 Å². The fraction of sp³-hybridized carbons (Fsp3) is 0.278. The summed E-state index contributed by atoms with van der Waals surface area (Å²) in [7, 11) is 0. The molecule has 2 aromatic rings. The first-order valence-corrected chi connectivity index (χ1v) is 7.12. The van der Waals surface area contributed by atoms with Crippen LogP contribution in [0.15, 0.2) is 48.5 Å². The van der Waals surface area contributed by atoms with E-state index in [1.54, 1.807) is 0 Å². The summed E-state index contributed by atoms with van der Waals surface area (Å²) < 4.78 is 0. The van der Waals surface area contributed by atoms with Crippen LogP contribution in [0.4, 0.5) is 0 Å². The monoisotopic (exact) mass is 265 g/mol. The predicted octanol–water partition coefficient (Wildman–Crippen LogP) is 3.75. The molecule has 0 saturated heterocycles. The van der Waals surface area contributed by atoms with Crippen molar-refractivity contribution in [1.29, 1.82) is 0 Å². The van der Waals surface area contributed by atoms with Crippen LogP contribution in [0, 0.1) is 6.92 Å². The van der Waals surface area contributed by atoms with Crippen LogP contribution in [0.3, 0.4) is 0 Å². The number of hydrogen-bond acceptors (Lipinski definition) is 1. The number of carbonyl (C=O) groups is 1. The first-order chi connectivity index (χ1) is 9.66. The molecular formula is C18H19NO. The van der Waals surface area contributed by atoms with Crippen molar-refractivity contribution in [1.82, 2.24) is 4.90 Å². The first-order valence-electron chi connectivity index (χ1n) is 7.12. The largest absolute Gasteiger partial charge is 0.332 e. The Bertz CT molecular complexity index is 630. The van der Waals surface area contributed by atoms with E-state index in [1.807, 2.05) is 36.1 Å². The second-order valence-electron chi connectivity index (χ2n) is 5.49. The highest BCUT2D eigenvalue weighted by Gasteiger charge is 2.27. The van der Waals surface area contributed by atoms with Gasteiger partial charge in [0.1, 0.15) is 0 Å². The Hall–Kier alpha value is -2.09. The summed E-state index contributed by atoms with van der Waals surface area (Å²) in [5.41, 5.74) is 4.60. The average Bonchev–Trinajstić information content (AvgIpc) is 2.48. The van der Waals surface area contributed by atoms with Gasteiger partial charge in [0, 0.05) is 12.1 Å². The molecule has 1 amide bonds. The summed E-state index contributed by atoms with van der Waals surface area (Å²) in [6.07, 6.45) is 0.943. The number of carbonyl (C=O) groups excluding carboxylic acids is 1. The third-order valence-electron chi connectivity index (χ3n) is 4.15.